The van der Waals surface area contributed by atoms with Crippen LogP contribution in [0.5, 0.6) is 0 Å². The molecule has 1 aliphatic heterocycles. The van der Waals surface area contributed by atoms with E-state index in [1.54, 1.807) is 0 Å². The molecule has 2 atom stereocenters. The van der Waals surface area contributed by atoms with Gasteiger partial charge in [-0.05, 0) is 67.4 Å². The summed E-state index contributed by atoms with van der Waals surface area (Å²) in [6.07, 6.45) is 2.45. The summed E-state index contributed by atoms with van der Waals surface area (Å²) in [7, 11) is 0. The molecule has 100 valence electrons. The Morgan fingerprint density at radius 2 is 2.22 bits per heavy atom. The van der Waals surface area contributed by atoms with Crippen molar-refractivity contribution in [1.29, 1.82) is 0 Å². The minimum atomic E-state index is 0.596. The SMILES string of the molecule is CC(C)CC1CNCCC1c1cc(Br)ccc1Cl. The Hall–Kier alpha value is -0.0500. The average Bonchev–Trinajstić information content (AvgIpc) is 2.32. The van der Waals surface area contributed by atoms with E-state index in [9.17, 15) is 0 Å². The third kappa shape index (κ3) is 3.49. The van der Waals surface area contributed by atoms with Gasteiger partial charge in [-0.1, -0.05) is 41.4 Å². The van der Waals surface area contributed by atoms with Gasteiger partial charge in [-0.3, -0.25) is 0 Å². The Kier molecular flexibility index (Phi) is 5.11. The van der Waals surface area contributed by atoms with Crippen LogP contribution in [0.1, 0.15) is 38.2 Å². The molecule has 2 unspecified atom stereocenters. The van der Waals surface area contributed by atoms with Gasteiger partial charge < -0.3 is 5.32 Å². The van der Waals surface area contributed by atoms with E-state index >= 15 is 0 Å². The second-order valence-corrected chi connectivity index (χ2v) is 6.98. The Balaban J connectivity index is 2.24. The number of hydrogen-bond acceptors (Lipinski definition) is 1. The molecule has 3 heteroatoms. The van der Waals surface area contributed by atoms with Crippen molar-refractivity contribution in [2.24, 2.45) is 11.8 Å². The zero-order chi connectivity index (χ0) is 13.1. The first-order chi connectivity index (χ1) is 8.58. The predicted molar refractivity (Wildman–Crippen MR) is 82.3 cm³/mol. The molecular formula is C15H21BrClN. The van der Waals surface area contributed by atoms with Gasteiger partial charge in [-0.2, -0.15) is 0 Å². The Morgan fingerprint density at radius 1 is 1.44 bits per heavy atom. The van der Waals surface area contributed by atoms with Crippen LogP contribution in [-0.4, -0.2) is 13.1 Å². The molecule has 1 aromatic rings. The minimum Gasteiger partial charge on any atom is -0.316 e. The fourth-order valence-electron chi connectivity index (χ4n) is 2.98. The van der Waals surface area contributed by atoms with Crippen molar-refractivity contribution in [3.8, 4) is 0 Å². The molecule has 1 N–H and O–H groups in total. The number of piperidine rings is 1. The van der Waals surface area contributed by atoms with Gasteiger partial charge in [-0.25, -0.2) is 0 Å². The first-order valence-corrected chi connectivity index (χ1v) is 7.90. The summed E-state index contributed by atoms with van der Waals surface area (Å²) in [5.41, 5.74) is 1.32. The van der Waals surface area contributed by atoms with Gasteiger partial charge in [-0.15, -0.1) is 0 Å². The van der Waals surface area contributed by atoms with E-state index in [2.05, 4.69) is 41.2 Å². The van der Waals surface area contributed by atoms with Crippen LogP contribution in [0.3, 0.4) is 0 Å². The number of nitrogens with one attached hydrogen (secondary N) is 1. The van der Waals surface area contributed by atoms with Crippen LogP contribution in [0.4, 0.5) is 0 Å². The standard InChI is InChI=1S/C15H21BrClN/c1-10(2)7-11-9-18-6-5-13(11)14-8-12(16)3-4-15(14)17/h3-4,8,10-11,13,18H,5-7,9H2,1-2H3. The largest absolute Gasteiger partial charge is 0.316 e. The maximum absolute atomic E-state index is 6.39. The molecule has 0 aromatic heterocycles. The maximum Gasteiger partial charge on any atom is 0.0441 e. The first kappa shape index (κ1) is 14.4. The van der Waals surface area contributed by atoms with E-state index in [0.29, 0.717) is 11.8 Å². The Bertz CT molecular complexity index is 405. The molecule has 2 rings (SSSR count). The van der Waals surface area contributed by atoms with Crippen LogP contribution in [0, 0.1) is 11.8 Å². The van der Waals surface area contributed by atoms with Crippen molar-refractivity contribution in [1.82, 2.24) is 5.32 Å². The lowest BCUT2D eigenvalue weighted by Crippen LogP contribution is -2.36. The number of rotatable bonds is 3. The summed E-state index contributed by atoms with van der Waals surface area (Å²) < 4.78 is 1.13. The molecule has 0 radical (unpaired) electrons. The summed E-state index contributed by atoms with van der Waals surface area (Å²) >= 11 is 9.95. The number of hydrogen-bond donors (Lipinski definition) is 1. The van der Waals surface area contributed by atoms with Gasteiger partial charge in [0.1, 0.15) is 0 Å². The summed E-state index contributed by atoms with van der Waals surface area (Å²) in [6.45, 7) is 6.82. The lowest BCUT2D eigenvalue weighted by molar-refractivity contribution is 0.280. The van der Waals surface area contributed by atoms with Crippen LogP contribution in [0.2, 0.25) is 5.02 Å². The van der Waals surface area contributed by atoms with Crippen molar-refractivity contribution in [3.63, 3.8) is 0 Å². The Labute approximate surface area is 123 Å². The summed E-state index contributed by atoms with van der Waals surface area (Å²) in [5.74, 6) is 2.03. The molecule has 1 fully saturated rings. The van der Waals surface area contributed by atoms with E-state index in [1.807, 2.05) is 12.1 Å². The molecule has 0 bridgehead atoms. The average molecular weight is 331 g/mol. The number of benzene rings is 1. The zero-order valence-electron chi connectivity index (χ0n) is 11.0. The molecule has 0 aliphatic carbocycles. The molecule has 0 amide bonds. The highest BCUT2D eigenvalue weighted by atomic mass is 79.9. The molecular weight excluding hydrogens is 310 g/mol. The van der Waals surface area contributed by atoms with Crippen LogP contribution in [-0.2, 0) is 0 Å². The van der Waals surface area contributed by atoms with Crippen molar-refractivity contribution >= 4 is 27.5 Å². The quantitative estimate of drug-likeness (QED) is 0.836. The van der Waals surface area contributed by atoms with Gasteiger partial charge in [0, 0.05) is 9.50 Å². The van der Waals surface area contributed by atoms with Crippen LogP contribution >= 0.6 is 27.5 Å². The zero-order valence-corrected chi connectivity index (χ0v) is 13.4. The monoisotopic (exact) mass is 329 g/mol. The van der Waals surface area contributed by atoms with E-state index < -0.39 is 0 Å². The molecule has 1 heterocycles. The van der Waals surface area contributed by atoms with Gasteiger partial charge in [0.25, 0.3) is 0 Å². The normalized spacial score (nSPS) is 24.5. The van der Waals surface area contributed by atoms with E-state index in [0.717, 1.165) is 28.5 Å². The molecule has 1 aliphatic rings. The first-order valence-electron chi connectivity index (χ1n) is 6.73. The second-order valence-electron chi connectivity index (χ2n) is 5.65. The summed E-state index contributed by atoms with van der Waals surface area (Å²) in [6, 6.07) is 6.23. The second kappa shape index (κ2) is 6.40. The summed E-state index contributed by atoms with van der Waals surface area (Å²) in [4.78, 5) is 0. The van der Waals surface area contributed by atoms with Crippen molar-refractivity contribution < 1.29 is 0 Å². The van der Waals surface area contributed by atoms with Gasteiger partial charge in [0.2, 0.25) is 0 Å². The van der Waals surface area contributed by atoms with Gasteiger partial charge in [0.05, 0.1) is 0 Å². The Morgan fingerprint density at radius 3 is 2.94 bits per heavy atom. The lowest BCUT2D eigenvalue weighted by Gasteiger charge is -2.34. The third-order valence-electron chi connectivity index (χ3n) is 3.74. The summed E-state index contributed by atoms with van der Waals surface area (Å²) in [5, 5.41) is 4.43. The van der Waals surface area contributed by atoms with Crippen molar-refractivity contribution in [3.05, 3.63) is 33.3 Å². The van der Waals surface area contributed by atoms with E-state index in [1.165, 1.54) is 18.4 Å². The minimum absolute atomic E-state index is 0.596. The fourth-order valence-corrected chi connectivity index (χ4v) is 3.62. The molecule has 0 spiro atoms. The highest BCUT2D eigenvalue weighted by Crippen LogP contribution is 2.38. The highest BCUT2D eigenvalue weighted by Gasteiger charge is 2.28. The number of halogens is 2. The molecule has 1 aromatic carbocycles. The molecule has 18 heavy (non-hydrogen) atoms. The molecule has 1 saturated heterocycles. The topological polar surface area (TPSA) is 12.0 Å². The van der Waals surface area contributed by atoms with Gasteiger partial charge in [0.15, 0.2) is 0 Å². The molecule has 0 saturated carbocycles. The van der Waals surface area contributed by atoms with Crippen LogP contribution in [0.15, 0.2) is 22.7 Å². The van der Waals surface area contributed by atoms with Crippen molar-refractivity contribution in [2.75, 3.05) is 13.1 Å². The highest BCUT2D eigenvalue weighted by molar-refractivity contribution is 9.10. The van der Waals surface area contributed by atoms with Gasteiger partial charge >= 0.3 is 0 Å². The van der Waals surface area contributed by atoms with Crippen molar-refractivity contribution in [2.45, 2.75) is 32.6 Å². The van der Waals surface area contributed by atoms with E-state index in [4.69, 9.17) is 11.6 Å². The predicted octanol–water partition coefficient (Wildman–Crippen LogP) is 4.84. The lowest BCUT2D eigenvalue weighted by atomic mass is 9.77. The third-order valence-corrected chi connectivity index (χ3v) is 4.58. The van der Waals surface area contributed by atoms with Crippen LogP contribution < -0.4 is 5.32 Å². The van der Waals surface area contributed by atoms with Crippen LogP contribution in [0.25, 0.3) is 0 Å². The van der Waals surface area contributed by atoms with E-state index in [-0.39, 0.29) is 0 Å². The molecule has 1 nitrogen and oxygen atoms in total. The maximum atomic E-state index is 6.39. The smallest absolute Gasteiger partial charge is 0.0441 e. The fraction of sp³-hybridized carbons (Fsp3) is 0.600.